The predicted octanol–water partition coefficient (Wildman–Crippen LogP) is 0.863. The summed E-state index contributed by atoms with van der Waals surface area (Å²) in [5.41, 5.74) is -0.613. The minimum atomic E-state index is -4.44. The molecule has 16 heavy (non-hydrogen) atoms. The minimum Gasteiger partial charge on any atom is -0.493 e. The molecule has 0 radical (unpaired) electrons. The molecule has 0 fully saturated rings. The van der Waals surface area contributed by atoms with Gasteiger partial charge in [0.25, 0.3) is 5.56 Å². The fourth-order valence-corrected chi connectivity index (χ4v) is 0.898. The third-order valence-electron chi connectivity index (χ3n) is 1.68. The zero-order valence-corrected chi connectivity index (χ0v) is 8.26. The normalized spacial score (nSPS) is 11.8. The monoisotopic (exact) mass is 238 g/mol. The van der Waals surface area contributed by atoms with Crippen molar-refractivity contribution in [2.24, 2.45) is 0 Å². The summed E-state index contributed by atoms with van der Waals surface area (Å²) in [6.45, 7) is -0.630. The second-order valence-corrected chi connectivity index (χ2v) is 3.07. The van der Waals surface area contributed by atoms with Gasteiger partial charge in [-0.3, -0.25) is 4.79 Å². The lowest BCUT2D eigenvalue weighted by molar-refractivity contribution is -0.177. The lowest BCUT2D eigenvalue weighted by Gasteiger charge is -2.07. The lowest BCUT2D eigenvalue weighted by atomic mass is 10.3. The molecule has 0 aliphatic rings. The largest absolute Gasteiger partial charge is 0.493 e. The van der Waals surface area contributed by atoms with Crippen LogP contribution in [0.4, 0.5) is 13.2 Å². The summed E-state index contributed by atoms with van der Waals surface area (Å²) in [5, 5.41) is 9.13. The van der Waals surface area contributed by atoms with Crippen molar-refractivity contribution in [2.75, 3.05) is 6.61 Å². The summed E-state index contributed by atoms with van der Waals surface area (Å²) in [7, 11) is 0. The maximum Gasteiger partial charge on any atom is 0.411 e. The second kappa shape index (κ2) is 4.52. The molecular weight excluding hydrogens is 229 g/mol. The van der Waals surface area contributed by atoms with Crippen molar-refractivity contribution < 1.29 is 23.0 Å². The van der Waals surface area contributed by atoms with Crippen LogP contribution < -0.4 is 5.56 Å². The van der Waals surface area contributed by atoms with E-state index in [0.717, 1.165) is 0 Å². The fraction of sp³-hybridized carbons (Fsp3) is 0.500. The van der Waals surface area contributed by atoms with E-state index in [1.807, 2.05) is 0 Å². The standard InChI is InChI=1S/C8H9F3N2O3/c1-4-6(14)12-5(13-7(4)15)2-16-3-8(9,10)11/h2-3H2,1H3,(H2,12,13,14,15). The molecule has 1 heterocycles. The number of alkyl halides is 3. The smallest absolute Gasteiger partial charge is 0.411 e. The van der Waals surface area contributed by atoms with E-state index >= 15 is 0 Å². The molecule has 0 saturated heterocycles. The number of nitrogens with zero attached hydrogens (tertiary/aromatic N) is 1. The van der Waals surface area contributed by atoms with E-state index in [-0.39, 0.29) is 11.4 Å². The third kappa shape index (κ3) is 3.54. The number of hydrogen-bond acceptors (Lipinski definition) is 4. The first-order valence-electron chi connectivity index (χ1n) is 4.23. The zero-order chi connectivity index (χ0) is 12.3. The van der Waals surface area contributed by atoms with Gasteiger partial charge >= 0.3 is 6.18 Å². The van der Waals surface area contributed by atoms with E-state index in [1.165, 1.54) is 6.92 Å². The fourth-order valence-electron chi connectivity index (χ4n) is 0.898. The Morgan fingerprint density at radius 1 is 1.50 bits per heavy atom. The first-order chi connectivity index (χ1) is 7.29. The van der Waals surface area contributed by atoms with Crippen molar-refractivity contribution in [2.45, 2.75) is 19.7 Å². The Balaban J connectivity index is 2.66. The van der Waals surface area contributed by atoms with Gasteiger partial charge in [0, 0.05) is 0 Å². The molecule has 0 saturated carbocycles. The Bertz CT molecular complexity index is 428. The van der Waals surface area contributed by atoms with Crippen molar-refractivity contribution in [1.29, 1.82) is 0 Å². The van der Waals surface area contributed by atoms with E-state index in [2.05, 4.69) is 14.7 Å². The molecule has 0 spiro atoms. The summed E-state index contributed by atoms with van der Waals surface area (Å²) in [6, 6.07) is 0. The first kappa shape index (κ1) is 12.5. The zero-order valence-electron chi connectivity index (χ0n) is 8.26. The highest BCUT2D eigenvalue weighted by Gasteiger charge is 2.27. The van der Waals surface area contributed by atoms with E-state index in [0.29, 0.717) is 0 Å². The van der Waals surface area contributed by atoms with E-state index in [1.54, 1.807) is 0 Å². The van der Waals surface area contributed by atoms with E-state index < -0.39 is 30.8 Å². The van der Waals surface area contributed by atoms with Crippen LogP contribution in [0.3, 0.4) is 0 Å². The van der Waals surface area contributed by atoms with Gasteiger partial charge in [0.15, 0.2) is 0 Å². The van der Waals surface area contributed by atoms with Gasteiger partial charge in [-0.15, -0.1) is 0 Å². The molecule has 0 atom stereocenters. The van der Waals surface area contributed by atoms with Crippen LogP contribution in [0.2, 0.25) is 0 Å². The van der Waals surface area contributed by atoms with Gasteiger partial charge in [0.05, 0.1) is 5.56 Å². The van der Waals surface area contributed by atoms with Crippen molar-refractivity contribution in [3.05, 3.63) is 21.7 Å². The first-order valence-corrected chi connectivity index (χ1v) is 4.23. The Labute approximate surface area is 87.9 Å². The molecule has 0 aliphatic heterocycles. The molecule has 0 aromatic carbocycles. The van der Waals surface area contributed by atoms with E-state index in [9.17, 15) is 18.0 Å². The van der Waals surface area contributed by atoms with Gasteiger partial charge in [-0.2, -0.15) is 18.2 Å². The predicted molar refractivity (Wildman–Crippen MR) is 47.0 cm³/mol. The molecule has 0 bridgehead atoms. The van der Waals surface area contributed by atoms with Gasteiger partial charge in [-0.1, -0.05) is 0 Å². The lowest BCUT2D eigenvalue weighted by Crippen LogP contribution is -2.19. The van der Waals surface area contributed by atoms with Gasteiger partial charge in [0.1, 0.15) is 19.0 Å². The number of ether oxygens (including phenoxy) is 1. The van der Waals surface area contributed by atoms with Gasteiger partial charge in [-0.25, -0.2) is 0 Å². The molecule has 1 aromatic rings. The summed E-state index contributed by atoms with van der Waals surface area (Å²) >= 11 is 0. The molecule has 8 heteroatoms. The average molecular weight is 238 g/mol. The number of H-pyrrole nitrogens is 1. The van der Waals surface area contributed by atoms with Crippen LogP contribution in [0, 0.1) is 6.92 Å². The van der Waals surface area contributed by atoms with Crippen LogP contribution in [0.5, 0.6) is 5.88 Å². The molecule has 0 amide bonds. The SMILES string of the molecule is Cc1c(O)nc(COCC(F)(F)F)[nH]c1=O. The summed E-state index contributed by atoms with van der Waals surface area (Å²) in [6.07, 6.45) is -4.44. The molecule has 1 aromatic heterocycles. The van der Waals surface area contributed by atoms with Crippen molar-refractivity contribution in [3.8, 4) is 5.88 Å². The van der Waals surface area contributed by atoms with Crippen molar-refractivity contribution in [1.82, 2.24) is 9.97 Å². The van der Waals surface area contributed by atoms with Crippen molar-refractivity contribution in [3.63, 3.8) is 0 Å². The number of aromatic nitrogens is 2. The van der Waals surface area contributed by atoms with Crippen LogP contribution in [-0.4, -0.2) is 27.9 Å². The van der Waals surface area contributed by atoms with Gasteiger partial charge in [-0.05, 0) is 6.92 Å². The van der Waals surface area contributed by atoms with Crippen LogP contribution in [0.25, 0.3) is 0 Å². The maximum atomic E-state index is 11.7. The van der Waals surface area contributed by atoms with Crippen LogP contribution >= 0.6 is 0 Å². The quantitative estimate of drug-likeness (QED) is 0.819. The molecule has 1 rings (SSSR count). The molecule has 2 N–H and O–H groups in total. The number of rotatable bonds is 3. The van der Waals surface area contributed by atoms with Crippen molar-refractivity contribution >= 4 is 0 Å². The minimum absolute atomic E-state index is 0.000397. The Hall–Kier alpha value is -1.57. The maximum absolute atomic E-state index is 11.7. The van der Waals surface area contributed by atoms with E-state index in [4.69, 9.17) is 5.11 Å². The summed E-state index contributed by atoms with van der Waals surface area (Å²) in [4.78, 5) is 16.7. The number of aromatic amines is 1. The molecular formula is C8H9F3N2O3. The molecule has 5 nitrogen and oxygen atoms in total. The third-order valence-corrected chi connectivity index (χ3v) is 1.68. The molecule has 0 aliphatic carbocycles. The highest BCUT2D eigenvalue weighted by Crippen LogP contribution is 2.15. The number of aromatic hydroxyl groups is 1. The number of halogens is 3. The van der Waals surface area contributed by atoms with Gasteiger partial charge < -0.3 is 14.8 Å². The highest BCUT2D eigenvalue weighted by molar-refractivity contribution is 5.19. The van der Waals surface area contributed by atoms with Crippen LogP contribution in [-0.2, 0) is 11.3 Å². The number of nitrogens with one attached hydrogen (secondary N) is 1. The summed E-state index contributed by atoms with van der Waals surface area (Å²) < 4.78 is 39.4. The second-order valence-electron chi connectivity index (χ2n) is 3.07. The Morgan fingerprint density at radius 3 is 2.62 bits per heavy atom. The van der Waals surface area contributed by atoms with Crippen LogP contribution in [0.15, 0.2) is 4.79 Å². The summed E-state index contributed by atoms with van der Waals surface area (Å²) in [5.74, 6) is -0.674. The molecule has 90 valence electrons. The molecule has 0 unspecified atom stereocenters. The topological polar surface area (TPSA) is 75.2 Å². The Morgan fingerprint density at radius 2 is 2.12 bits per heavy atom. The average Bonchev–Trinajstić information content (AvgIpc) is 2.12. The van der Waals surface area contributed by atoms with Crippen LogP contribution in [0.1, 0.15) is 11.4 Å². The van der Waals surface area contributed by atoms with Gasteiger partial charge in [0.2, 0.25) is 5.88 Å². The highest BCUT2D eigenvalue weighted by atomic mass is 19.4. The Kier molecular flexibility index (Phi) is 3.53. The number of hydrogen-bond donors (Lipinski definition) is 2.